The van der Waals surface area contributed by atoms with E-state index in [2.05, 4.69) is 5.32 Å². The molecule has 0 aliphatic carbocycles. The first kappa shape index (κ1) is 13.1. The minimum absolute atomic E-state index is 0.0645. The summed E-state index contributed by atoms with van der Waals surface area (Å²) >= 11 is 1.28. The second-order valence-electron chi connectivity index (χ2n) is 4.75. The summed E-state index contributed by atoms with van der Waals surface area (Å²) in [6.07, 6.45) is 0. The lowest BCUT2D eigenvalue weighted by molar-refractivity contribution is -0.123. The van der Waals surface area contributed by atoms with E-state index in [4.69, 9.17) is 0 Å². The average Bonchev–Trinajstić information content (AvgIpc) is 2.76. The Labute approximate surface area is 119 Å². The molecule has 0 unspecified atom stereocenters. The molecule has 6 heteroatoms. The van der Waals surface area contributed by atoms with Gasteiger partial charge in [-0.15, -0.1) is 11.3 Å². The number of hydrogen-bond donors (Lipinski definition) is 1. The molecule has 0 saturated carbocycles. The summed E-state index contributed by atoms with van der Waals surface area (Å²) in [4.78, 5) is 25.9. The number of hydrogen-bond acceptors (Lipinski definition) is 3. The minimum Gasteiger partial charge on any atom is -0.353 e. The van der Waals surface area contributed by atoms with Crippen LogP contribution in [0.1, 0.15) is 15.2 Å². The van der Waals surface area contributed by atoms with Crippen molar-refractivity contribution in [3.63, 3.8) is 0 Å². The van der Waals surface area contributed by atoms with Crippen LogP contribution in [-0.4, -0.2) is 36.3 Å². The lowest BCUT2D eigenvalue weighted by Gasteiger charge is -2.26. The average molecular weight is 292 g/mol. The quantitative estimate of drug-likeness (QED) is 0.873. The first-order valence-corrected chi connectivity index (χ1v) is 7.13. The van der Waals surface area contributed by atoms with Crippen LogP contribution in [0.3, 0.4) is 0 Å². The van der Waals surface area contributed by atoms with Gasteiger partial charge in [0, 0.05) is 23.2 Å². The molecule has 0 radical (unpaired) electrons. The van der Waals surface area contributed by atoms with Gasteiger partial charge in [0.05, 0.1) is 11.4 Å². The Morgan fingerprint density at radius 1 is 1.45 bits per heavy atom. The van der Waals surface area contributed by atoms with Crippen LogP contribution in [0.5, 0.6) is 0 Å². The van der Waals surface area contributed by atoms with E-state index < -0.39 is 0 Å². The fourth-order valence-electron chi connectivity index (χ4n) is 2.41. The van der Waals surface area contributed by atoms with Crippen molar-refractivity contribution in [3.8, 4) is 0 Å². The Morgan fingerprint density at radius 3 is 2.95 bits per heavy atom. The van der Waals surface area contributed by atoms with Crippen LogP contribution in [-0.2, 0) is 4.79 Å². The molecule has 1 aliphatic heterocycles. The summed E-state index contributed by atoms with van der Waals surface area (Å²) in [5.41, 5.74) is 0.652. The SMILES string of the molecule is Cc1c(C(=O)N2CCNC(=O)C2)sc2cccc(F)c12. The molecule has 1 aromatic carbocycles. The Hall–Kier alpha value is -1.95. The largest absolute Gasteiger partial charge is 0.353 e. The van der Waals surface area contributed by atoms with Crippen LogP contribution in [0.15, 0.2) is 18.2 Å². The molecule has 1 saturated heterocycles. The van der Waals surface area contributed by atoms with Gasteiger partial charge in [-0.25, -0.2) is 4.39 Å². The van der Waals surface area contributed by atoms with Crippen molar-refractivity contribution in [2.24, 2.45) is 0 Å². The van der Waals surface area contributed by atoms with E-state index in [-0.39, 0.29) is 24.2 Å². The van der Waals surface area contributed by atoms with Crippen LogP contribution >= 0.6 is 11.3 Å². The van der Waals surface area contributed by atoms with Crippen molar-refractivity contribution in [1.82, 2.24) is 10.2 Å². The monoisotopic (exact) mass is 292 g/mol. The highest BCUT2D eigenvalue weighted by molar-refractivity contribution is 7.21. The van der Waals surface area contributed by atoms with Gasteiger partial charge < -0.3 is 10.2 Å². The number of carbonyl (C=O) groups is 2. The second kappa shape index (κ2) is 4.86. The number of halogens is 1. The fraction of sp³-hybridized carbons (Fsp3) is 0.286. The van der Waals surface area contributed by atoms with E-state index in [0.717, 1.165) is 4.70 Å². The van der Waals surface area contributed by atoms with Crippen LogP contribution in [0.4, 0.5) is 4.39 Å². The highest BCUT2D eigenvalue weighted by Gasteiger charge is 2.26. The fourth-order valence-corrected chi connectivity index (χ4v) is 3.60. The van der Waals surface area contributed by atoms with Crippen molar-refractivity contribution in [2.75, 3.05) is 19.6 Å². The molecule has 0 spiro atoms. The van der Waals surface area contributed by atoms with Crippen molar-refractivity contribution in [3.05, 3.63) is 34.5 Å². The highest BCUT2D eigenvalue weighted by Crippen LogP contribution is 2.33. The zero-order valence-corrected chi connectivity index (χ0v) is 11.7. The van der Waals surface area contributed by atoms with E-state index in [0.29, 0.717) is 28.9 Å². The number of amides is 2. The Bertz CT molecular complexity index is 711. The predicted octanol–water partition coefficient (Wildman–Crippen LogP) is 1.92. The topological polar surface area (TPSA) is 49.4 Å². The predicted molar refractivity (Wildman–Crippen MR) is 75.4 cm³/mol. The molecule has 0 bridgehead atoms. The lowest BCUT2D eigenvalue weighted by Crippen LogP contribution is -2.49. The molecular weight excluding hydrogens is 279 g/mol. The third kappa shape index (κ3) is 2.06. The van der Waals surface area contributed by atoms with E-state index >= 15 is 0 Å². The molecule has 20 heavy (non-hydrogen) atoms. The Balaban J connectivity index is 2.01. The standard InChI is InChI=1S/C14H13FN2O2S/c1-8-12-9(15)3-2-4-10(12)20-13(8)14(19)17-6-5-16-11(18)7-17/h2-4H,5-7H2,1H3,(H,16,18). The molecule has 1 fully saturated rings. The maximum absolute atomic E-state index is 13.8. The van der Waals surface area contributed by atoms with Gasteiger partial charge >= 0.3 is 0 Å². The minimum atomic E-state index is -0.313. The van der Waals surface area contributed by atoms with Gasteiger partial charge in [-0.05, 0) is 24.6 Å². The summed E-state index contributed by atoms with van der Waals surface area (Å²) in [5, 5.41) is 3.18. The van der Waals surface area contributed by atoms with Gasteiger partial charge in [-0.1, -0.05) is 6.07 Å². The molecule has 3 rings (SSSR count). The van der Waals surface area contributed by atoms with Gasteiger partial charge in [-0.2, -0.15) is 0 Å². The number of thiophene rings is 1. The summed E-state index contributed by atoms with van der Waals surface area (Å²) in [6.45, 7) is 2.76. The number of nitrogens with one attached hydrogen (secondary N) is 1. The molecule has 104 valence electrons. The number of fused-ring (bicyclic) bond motifs is 1. The normalized spacial score (nSPS) is 15.5. The molecule has 2 heterocycles. The molecule has 1 aliphatic rings. The Morgan fingerprint density at radius 2 is 2.25 bits per heavy atom. The van der Waals surface area contributed by atoms with E-state index in [1.807, 2.05) is 0 Å². The second-order valence-corrected chi connectivity index (χ2v) is 5.80. The highest BCUT2D eigenvalue weighted by atomic mass is 32.1. The summed E-state index contributed by atoms with van der Waals surface area (Å²) in [5.74, 6) is -0.667. The van der Waals surface area contributed by atoms with Crippen LogP contribution < -0.4 is 5.32 Å². The number of benzene rings is 1. The summed E-state index contributed by atoms with van der Waals surface area (Å²) < 4.78 is 14.6. The maximum Gasteiger partial charge on any atom is 0.264 e. The molecular formula is C14H13FN2O2S. The van der Waals surface area contributed by atoms with E-state index in [9.17, 15) is 14.0 Å². The molecule has 2 aromatic rings. The van der Waals surface area contributed by atoms with Crippen molar-refractivity contribution < 1.29 is 14.0 Å². The molecule has 4 nitrogen and oxygen atoms in total. The lowest BCUT2D eigenvalue weighted by atomic mass is 10.1. The molecule has 0 atom stereocenters. The van der Waals surface area contributed by atoms with Crippen LogP contribution in [0.2, 0.25) is 0 Å². The number of nitrogens with zero attached hydrogens (tertiary/aromatic N) is 1. The van der Waals surface area contributed by atoms with Gasteiger partial charge in [0.2, 0.25) is 5.91 Å². The van der Waals surface area contributed by atoms with Crippen molar-refractivity contribution in [1.29, 1.82) is 0 Å². The van der Waals surface area contributed by atoms with Gasteiger partial charge in [0.1, 0.15) is 5.82 Å². The number of rotatable bonds is 1. The number of carbonyl (C=O) groups excluding carboxylic acids is 2. The molecule has 1 aromatic heterocycles. The zero-order valence-electron chi connectivity index (χ0n) is 10.9. The van der Waals surface area contributed by atoms with Gasteiger partial charge in [-0.3, -0.25) is 9.59 Å². The molecule has 2 amide bonds. The van der Waals surface area contributed by atoms with Crippen molar-refractivity contribution >= 4 is 33.2 Å². The smallest absolute Gasteiger partial charge is 0.264 e. The van der Waals surface area contributed by atoms with E-state index in [1.54, 1.807) is 19.1 Å². The van der Waals surface area contributed by atoms with Crippen LogP contribution in [0, 0.1) is 12.7 Å². The Kier molecular flexibility index (Phi) is 3.17. The van der Waals surface area contributed by atoms with Crippen molar-refractivity contribution in [2.45, 2.75) is 6.92 Å². The third-order valence-corrected chi connectivity index (χ3v) is 4.67. The summed E-state index contributed by atoms with van der Waals surface area (Å²) in [7, 11) is 0. The summed E-state index contributed by atoms with van der Waals surface area (Å²) in [6, 6.07) is 4.83. The zero-order chi connectivity index (χ0) is 14.3. The number of aryl methyl sites for hydroxylation is 1. The van der Waals surface area contributed by atoms with E-state index in [1.165, 1.54) is 22.3 Å². The van der Waals surface area contributed by atoms with Crippen LogP contribution in [0.25, 0.3) is 10.1 Å². The molecule has 1 N–H and O–H groups in total. The third-order valence-electron chi connectivity index (χ3n) is 3.42. The number of piperazine rings is 1. The first-order valence-electron chi connectivity index (χ1n) is 6.31. The first-order chi connectivity index (χ1) is 9.58. The maximum atomic E-state index is 13.8. The van der Waals surface area contributed by atoms with Gasteiger partial charge in [0.25, 0.3) is 5.91 Å². The van der Waals surface area contributed by atoms with Gasteiger partial charge in [0.15, 0.2) is 0 Å².